The molecule has 1 aliphatic rings. The lowest BCUT2D eigenvalue weighted by atomic mass is 10.2. The van der Waals surface area contributed by atoms with Gasteiger partial charge in [0.15, 0.2) is 0 Å². The first-order chi connectivity index (χ1) is 9.36. The van der Waals surface area contributed by atoms with Gasteiger partial charge in [-0.25, -0.2) is 17.6 Å². The molecule has 2 rings (SSSR count). The molecule has 0 aliphatic carbocycles. The molecule has 1 aromatic carbocycles. The van der Waals surface area contributed by atoms with Crippen LogP contribution in [0.15, 0.2) is 23.1 Å². The highest BCUT2D eigenvalue weighted by Gasteiger charge is 2.35. The summed E-state index contributed by atoms with van der Waals surface area (Å²) >= 11 is 0. The number of hydrogen-bond donors (Lipinski definition) is 1. The summed E-state index contributed by atoms with van der Waals surface area (Å²) in [6, 6.07) is 2.61. The van der Waals surface area contributed by atoms with Gasteiger partial charge in [0.05, 0.1) is 16.6 Å². The van der Waals surface area contributed by atoms with Crippen LogP contribution in [0.4, 0.5) is 4.39 Å². The molecule has 20 heavy (non-hydrogen) atoms. The summed E-state index contributed by atoms with van der Waals surface area (Å²) in [6.45, 7) is 0.352. The van der Waals surface area contributed by atoms with E-state index in [0.29, 0.717) is 6.42 Å². The molecule has 6 nitrogen and oxygen atoms in total. The van der Waals surface area contributed by atoms with E-state index in [9.17, 15) is 17.6 Å². The fraction of sp³-hybridized carbons (Fsp3) is 0.417. The van der Waals surface area contributed by atoms with Crippen LogP contribution >= 0.6 is 0 Å². The highest BCUT2D eigenvalue weighted by Crippen LogP contribution is 2.25. The second-order valence-electron chi connectivity index (χ2n) is 4.46. The molecule has 1 unspecified atom stereocenters. The highest BCUT2D eigenvalue weighted by molar-refractivity contribution is 7.89. The molecule has 0 bridgehead atoms. The van der Waals surface area contributed by atoms with Gasteiger partial charge in [-0.2, -0.15) is 4.31 Å². The molecule has 0 radical (unpaired) electrons. The summed E-state index contributed by atoms with van der Waals surface area (Å²) < 4.78 is 44.3. The first-order valence-corrected chi connectivity index (χ1v) is 7.36. The first kappa shape index (κ1) is 14.9. The van der Waals surface area contributed by atoms with Crippen LogP contribution in [0.3, 0.4) is 0 Å². The predicted octanol–water partition coefficient (Wildman–Crippen LogP) is 0.933. The quantitative estimate of drug-likeness (QED) is 0.894. The number of rotatable bonds is 4. The summed E-state index contributed by atoms with van der Waals surface area (Å²) in [5, 5.41) is 9.03. The third-order valence-electron chi connectivity index (χ3n) is 3.23. The molecule has 1 aliphatic heterocycles. The van der Waals surface area contributed by atoms with Crippen LogP contribution in [-0.4, -0.2) is 50.1 Å². The maximum absolute atomic E-state index is 13.3. The average Bonchev–Trinajstić information content (AvgIpc) is 2.87. The number of aromatic carboxylic acids is 1. The van der Waals surface area contributed by atoms with Crippen molar-refractivity contribution in [2.24, 2.45) is 0 Å². The normalized spacial score (nSPS) is 20.2. The molecule has 0 aromatic heterocycles. The Morgan fingerprint density at radius 2 is 2.20 bits per heavy atom. The van der Waals surface area contributed by atoms with Gasteiger partial charge in [-0.1, -0.05) is 0 Å². The molecule has 0 spiro atoms. The number of nitrogens with zero attached hydrogens (tertiary/aromatic N) is 1. The molecule has 0 saturated carbocycles. The van der Waals surface area contributed by atoms with E-state index >= 15 is 0 Å². The summed E-state index contributed by atoms with van der Waals surface area (Å²) in [5.74, 6) is -2.21. The van der Waals surface area contributed by atoms with Crippen molar-refractivity contribution in [1.82, 2.24) is 4.31 Å². The van der Waals surface area contributed by atoms with Crippen molar-refractivity contribution in [2.75, 3.05) is 20.2 Å². The van der Waals surface area contributed by atoms with Crippen LogP contribution in [0.5, 0.6) is 0 Å². The van der Waals surface area contributed by atoms with E-state index in [4.69, 9.17) is 9.84 Å². The Bertz CT molecular complexity index is 631. The molecular formula is C12H14FNO5S. The largest absolute Gasteiger partial charge is 0.478 e. The first-order valence-electron chi connectivity index (χ1n) is 5.92. The average molecular weight is 303 g/mol. The van der Waals surface area contributed by atoms with E-state index < -0.39 is 32.3 Å². The van der Waals surface area contributed by atoms with E-state index in [1.165, 1.54) is 7.11 Å². The zero-order valence-corrected chi connectivity index (χ0v) is 11.6. The van der Waals surface area contributed by atoms with Crippen molar-refractivity contribution >= 4 is 16.0 Å². The highest BCUT2D eigenvalue weighted by atomic mass is 32.2. The molecule has 8 heteroatoms. The zero-order chi connectivity index (χ0) is 14.9. The Morgan fingerprint density at radius 1 is 1.50 bits per heavy atom. The topological polar surface area (TPSA) is 83.9 Å². The van der Waals surface area contributed by atoms with Gasteiger partial charge in [-0.05, 0) is 24.6 Å². The van der Waals surface area contributed by atoms with E-state index in [1.54, 1.807) is 0 Å². The van der Waals surface area contributed by atoms with Gasteiger partial charge in [0, 0.05) is 20.2 Å². The van der Waals surface area contributed by atoms with Gasteiger partial charge >= 0.3 is 5.97 Å². The summed E-state index contributed by atoms with van der Waals surface area (Å²) in [5.41, 5.74) is -0.438. The molecule has 1 aromatic rings. The van der Waals surface area contributed by atoms with Crippen LogP contribution in [0.1, 0.15) is 16.8 Å². The lowest BCUT2D eigenvalue weighted by Crippen LogP contribution is -2.31. The minimum absolute atomic E-state index is 0.133. The standard InChI is InChI=1S/C12H14FNO5S/c1-19-9-4-5-14(7-9)20(17,18)11-6-8(13)2-3-10(11)12(15)16/h2-3,6,9H,4-5,7H2,1H3,(H,15,16). The second-order valence-corrected chi connectivity index (χ2v) is 6.36. The zero-order valence-electron chi connectivity index (χ0n) is 10.7. The lowest BCUT2D eigenvalue weighted by molar-refractivity contribution is 0.0692. The van der Waals surface area contributed by atoms with Gasteiger partial charge in [-0.3, -0.25) is 0 Å². The fourth-order valence-corrected chi connectivity index (χ4v) is 3.81. The Hall–Kier alpha value is -1.51. The number of carboxylic acid groups (broad SMARTS) is 1. The summed E-state index contributed by atoms with van der Waals surface area (Å²) in [7, 11) is -2.57. The Labute approximate surface area is 115 Å². The maximum Gasteiger partial charge on any atom is 0.337 e. The van der Waals surface area contributed by atoms with Gasteiger partial charge in [0.25, 0.3) is 0 Å². The number of methoxy groups -OCH3 is 1. The Morgan fingerprint density at radius 3 is 2.75 bits per heavy atom. The van der Waals surface area contributed by atoms with Crippen LogP contribution < -0.4 is 0 Å². The number of sulfonamides is 1. The van der Waals surface area contributed by atoms with Gasteiger partial charge in [0.1, 0.15) is 5.82 Å². The van der Waals surface area contributed by atoms with E-state index in [1.807, 2.05) is 0 Å². The SMILES string of the molecule is COC1CCN(S(=O)(=O)c2cc(F)ccc2C(=O)O)C1. The predicted molar refractivity (Wildman–Crippen MR) is 67.5 cm³/mol. The van der Waals surface area contributed by atoms with Crippen molar-refractivity contribution in [3.8, 4) is 0 Å². The van der Waals surface area contributed by atoms with Crippen molar-refractivity contribution in [3.05, 3.63) is 29.6 Å². The molecule has 1 N–H and O–H groups in total. The third-order valence-corrected chi connectivity index (χ3v) is 5.14. The number of carboxylic acids is 1. The van der Waals surface area contributed by atoms with Crippen LogP contribution in [0.2, 0.25) is 0 Å². The molecule has 0 amide bonds. The van der Waals surface area contributed by atoms with E-state index in [-0.39, 0.29) is 19.2 Å². The Balaban J connectivity index is 2.44. The minimum Gasteiger partial charge on any atom is -0.478 e. The van der Waals surface area contributed by atoms with Crippen LogP contribution in [-0.2, 0) is 14.8 Å². The number of ether oxygens (including phenoxy) is 1. The van der Waals surface area contributed by atoms with Crippen molar-refractivity contribution < 1.29 is 27.4 Å². The van der Waals surface area contributed by atoms with Gasteiger partial charge in [0.2, 0.25) is 10.0 Å². The number of carbonyl (C=O) groups is 1. The van der Waals surface area contributed by atoms with Crippen molar-refractivity contribution in [3.63, 3.8) is 0 Å². The number of halogens is 1. The van der Waals surface area contributed by atoms with Crippen molar-refractivity contribution in [2.45, 2.75) is 17.4 Å². The maximum atomic E-state index is 13.3. The fourth-order valence-electron chi connectivity index (χ4n) is 2.13. The number of hydrogen-bond acceptors (Lipinski definition) is 4. The van der Waals surface area contributed by atoms with E-state index in [2.05, 4.69) is 0 Å². The summed E-state index contributed by atoms with van der Waals surface area (Å²) in [4.78, 5) is 10.6. The molecular weight excluding hydrogens is 289 g/mol. The molecule has 1 atom stereocenters. The smallest absolute Gasteiger partial charge is 0.337 e. The van der Waals surface area contributed by atoms with Gasteiger partial charge in [-0.15, -0.1) is 0 Å². The Kier molecular flexibility index (Phi) is 4.07. The van der Waals surface area contributed by atoms with E-state index in [0.717, 1.165) is 22.5 Å². The third kappa shape index (κ3) is 2.67. The van der Waals surface area contributed by atoms with Crippen molar-refractivity contribution in [1.29, 1.82) is 0 Å². The molecule has 110 valence electrons. The molecule has 1 saturated heterocycles. The monoisotopic (exact) mass is 303 g/mol. The number of benzene rings is 1. The molecule has 1 heterocycles. The van der Waals surface area contributed by atoms with Crippen LogP contribution in [0, 0.1) is 5.82 Å². The lowest BCUT2D eigenvalue weighted by Gasteiger charge is -2.17. The van der Waals surface area contributed by atoms with Gasteiger partial charge < -0.3 is 9.84 Å². The second kappa shape index (κ2) is 5.47. The molecule has 1 fully saturated rings. The summed E-state index contributed by atoms with van der Waals surface area (Å²) in [6.07, 6.45) is 0.291. The minimum atomic E-state index is -4.05. The van der Waals surface area contributed by atoms with Crippen LogP contribution in [0.25, 0.3) is 0 Å².